The Bertz CT molecular complexity index is 828. The predicted molar refractivity (Wildman–Crippen MR) is 103 cm³/mol. The Morgan fingerprint density at radius 3 is 2.41 bits per heavy atom. The number of halogens is 1. The highest BCUT2D eigenvalue weighted by atomic mass is 19.1. The molecular weight excluding hydrogens is 341 g/mol. The highest BCUT2D eigenvalue weighted by Gasteiger charge is 2.48. The summed E-state index contributed by atoms with van der Waals surface area (Å²) < 4.78 is 19.7. The molecule has 2 atom stereocenters. The van der Waals surface area contributed by atoms with E-state index in [9.17, 15) is 9.50 Å². The van der Waals surface area contributed by atoms with Crippen LogP contribution in [0.5, 0.6) is 5.75 Å². The number of rotatable bonds is 5. The second-order valence-corrected chi connectivity index (χ2v) is 7.61. The molecule has 2 bridgehead atoms. The van der Waals surface area contributed by atoms with Gasteiger partial charge in [-0.3, -0.25) is 4.90 Å². The van der Waals surface area contributed by atoms with E-state index >= 15 is 0 Å². The van der Waals surface area contributed by atoms with E-state index in [1.54, 1.807) is 18.2 Å². The van der Waals surface area contributed by atoms with E-state index in [2.05, 4.69) is 23.0 Å². The van der Waals surface area contributed by atoms with Gasteiger partial charge in [0.15, 0.2) is 0 Å². The van der Waals surface area contributed by atoms with Crippen molar-refractivity contribution in [2.75, 3.05) is 6.61 Å². The maximum absolute atomic E-state index is 14.3. The summed E-state index contributed by atoms with van der Waals surface area (Å²) >= 11 is 0. The zero-order valence-electron chi connectivity index (χ0n) is 15.3. The first-order chi connectivity index (χ1) is 13.1. The van der Waals surface area contributed by atoms with Gasteiger partial charge >= 0.3 is 0 Å². The highest BCUT2D eigenvalue weighted by molar-refractivity contribution is 5.29. The van der Waals surface area contributed by atoms with E-state index in [0.717, 1.165) is 25.1 Å². The first-order valence-electron chi connectivity index (χ1n) is 9.47. The molecule has 0 spiro atoms. The molecule has 3 nitrogen and oxygen atoms in total. The van der Waals surface area contributed by atoms with E-state index in [1.165, 1.54) is 11.6 Å². The number of piperidine rings is 1. The molecule has 140 valence electrons. The summed E-state index contributed by atoms with van der Waals surface area (Å²) in [5.74, 6) is 2.92. The van der Waals surface area contributed by atoms with E-state index in [-0.39, 0.29) is 24.5 Å². The highest BCUT2D eigenvalue weighted by Crippen LogP contribution is 2.46. The van der Waals surface area contributed by atoms with Crippen LogP contribution < -0.4 is 4.74 Å². The van der Waals surface area contributed by atoms with E-state index in [4.69, 9.17) is 11.2 Å². The lowest BCUT2D eigenvalue weighted by Crippen LogP contribution is -2.49. The SMILES string of the molecule is C#CCOc1ccc(CN2[C@@H]3CC[C@@H]2CC(O)(c2ccccc2F)C3)cc1. The number of aliphatic hydroxyl groups is 1. The van der Waals surface area contributed by atoms with Crippen LogP contribution >= 0.6 is 0 Å². The average Bonchev–Trinajstić information content (AvgIpc) is 2.91. The number of terminal acetylenes is 1. The Labute approximate surface area is 159 Å². The maximum Gasteiger partial charge on any atom is 0.148 e. The number of nitrogens with zero attached hydrogens (tertiary/aromatic N) is 1. The second-order valence-electron chi connectivity index (χ2n) is 7.61. The topological polar surface area (TPSA) is 32.7 Å². The third-order valence-corrected chi connectivity index (χ3v) is 5.90. The molecule has 0 unspecified atom stereocenters. The molecule has 0 aromatic heterocycles. The summed E-state index contributed by atoms with van der Waals surface area (Å²) in [4.78, 5) is 2.46. The molecule has 2 aliphatic rings. The average molecular weight is 365 g/mol. The molecule has 0 aliphatic carbocycles. The van der Waals surface area contributed by atoms with Gasteiger partial charge in [-0.1, -0.05) is 36.3 Å². The van der Waals surface area contributed by atoms with E-state index in [0.29, 0.717) is 18.4 Å². The fraction of sp³-hybridized carbons (Fsp3) is 0.391. The Hall–Kier alpha value is -2.35. The van der Waals surface area contributed by atoms with Gasteiger partial charge in [-0.15, -0.1) is 6.42 Å². The number of hydrogen-bond donors (Lipinski definition) is 1. The summed E-state index contributed by atoms with van der Waals surface area (Å²) in [6, 6.07) is 15.2. The van der Waals surface area contributed by atoms with Crippen molar-refractivity contribution in [1.29, 1.82) is 0 Å². The number of ether oxygens (including phenoxy) is 1. The Kier molecular flexibility index (Phi) is 4.90. The minimum atomic E-state index is -1.07. The lowest BCUT2D eigenvalue weighted by Gasteiger charge is -2.44. The van der Waals surface area contributed by atoms with Gasteiger partial charge in [0, 0.05) is 24.2 Å². The predicted octanol–water partition coefficient (Wildman–Crippen LogP) is 3.85. The van der Waals surface area contributed by atoms with E-state index < -0.39 is 5.60 Å². The standard InChI is InChI=1S/C23H24FNO2/c1-2-13-27-20-11-7-17(8-12-20)16-25-18-9-10-19(25)15-23(26,14-18)21-5-3-4-6-22(21)24/h1,3-8,11-12,18-19,26H,9-10,13-16H2/t18-,19-/m1/s1. The van der Waals surface area contributed by atoms with Crippen LogP contribution in [-0.2, 0) is 12.1 Å². The molecule has 4 heteroatoms. The summed E-state index contributed by atoms with van der Waals surface area (Å²) in [6.07, 6.45) is 8.46. The van der Waals surface area contributed by atoms with Gasteiger partial charge in [-0.2, -0.15) is 0 Å². The van der Waals surface area contributed by atoms with Crippen LogP contribution in [0.25, 0.3) is 0 Å². The van der Waals surface area contributed by atoms with Crippen LogP contribution in [0.1, 0.15) is 36.8 Å². The fourth-order valence-corrected chi connectivity index (χ4v) is 4.66. The van der Waals surface area contributed by atoms with Crippen molar-refractivity contribution in [2.24, 2.45) is 0 Å². The molecule has 0 saturated carbocycles. The number of fused-ring (bicyclic) bond motifs is 2. The normalized spacial score (nSPS) is 27.3. The largest absolute Gasteiger partial charge is 0.481 e. The third kappa shape index (κ3) is 3.58. The molecule has 0 amide bonds. The van der Waals surface area contributed by atoms with Gasteiger partial charge in [0.2, 0.25) is 0 Å². The molecule has 2 saturated heterocycles. The van der Waals surface area contributed by atoms with Gasteiger partial charge in [-0.05, 0) is 49.4 Å². The molecule has 2 heterocycles. The quantitative estimate of drug-likeness (QED) is 0.817. The summed E-state index contributed by atoms with van der Waals surface area (Å²) in [7, 11) is 0. The Morgan fingerprint density at radius 1 is 1.11 bits per heavy atom. The number of benzene rings is 2. The molecule has 4 rings (SSSR count). The minimum absolute atomic E-state index is 0.268. The first-order valence-corrected chi connectivity index (χ1v) is 9.47. The van der Waals surface area contributed by atoms with Crippen LogP contribution in [0.3, 0.4) is 0 Å². The van der Waals surface area contributed by atoms with Crippen LogP contribution in [0, 0.1) is 18.2 Å². The molecule has 2 aliphatic heterocycles. The van der Waals surface area contributed by atoms with Crippen LogP contribution in [0.4, 0.5) is 4.39 Å². The van der Waals surface area contributed by atoms with Crippen molar-refractivity contribution in [3.8, 4) is 18.1 Å². The first kappa shape index (κ1) is 18.0. The Balaban J connectivity index is 1.47. The van der Waals surface area contributed by atoms with E-state index in [1.807, 2.05) is 12.1 Å². The lowest BCUT2D eigenvalue weighted by molar-refractivity contribution is -0.0615. The van der Waals surface area contributed by atoms with Crippen LogP contribution in [0.2, 0.25) is 0 Å². The molecule has 2 fully saturated rings. The van der Waals surface area contributed by atoms with Crippen LogP contribution in [0.15, 0.2) is 48.5 Å². The molecule has 1 N–H and O–H groups in total. The van der Waals surface area contributed by atoms with Crippen molar-refractivity contribution < 1.29 is 14.2 Å². The van der Waals surface area contributed by atoms with Crippen molar-refractivity contribution >= 4 is 0 Å². The zero-order valence-corrected chi connectivity index (χ0v) is 15.3. The molecule has 0 radical (unpaired) electrons. The molecular formula is C23H24FNO2. The minimum Gasteiger partial charge on any atom is -0.481 e. The second kappa shape index (κ2) is 7.34. The van der Waals surface area contributed by atoms with Crippen molar-refractivity contribution in [2.45, 2.75) is 49.9 Å². The van der Waals surface area contributed by atoms with Gasteiger partial charge in [-0.25, -0.2) is 4.39 Å². The molecule has 2 aromatic carbocycles. The van der Waals surface area contributed by atoms with Crippen molar-refractivity contribution in [1.82, 2.24) is 4.90 Å². The maximum atomic E-state index is 14.3. The monoisotopic (exact) mass is 365 g/mol. The summed E-state index contributed by atoms with van der Waals surface area (Å²) in [6.45, 7) is 1.10. The van der Waals surface area contributed by atoms with Crippen molar-refractivity contribution in [3.63, 3.8) is 0 Å². The number of hydrogen-bond acceptors (Lipinski definition) is 3. The molecule has 2 aromatic rings. The summed E-state index contributed by atoms with van der Waals surface area (Å²) in [5.41, 5.74) is 0.577. The van der Waals surface area contributed by atoms with Gasteiger partial charge in [0.1, 0.15) is 18.2 Å². The van der Waals surface area contributed by atoms with Gasteiger partial charge in [0.05, 0.1) is 5.60 Å². The Morgan fingerprint density at radius 2 is 1.78 bits per heavy atom. The summed E-state index contributed by atoms with van der Waals surface area (Å²) in [5, 5.41) is 11.2. The lowest BCUT2D eigenvalue weighted by atomic mass is 9.80. The smallest absolute Gasteiger partial charge is 0.148 e. The van der Waals surface area contributed by atoms with Gasteiger partial charge in [0.25, 0.3) is 0 Å². The van der Waals surface area contributed by atoms with Gasteiger partial charge < -0.3 is 9.84 Å². The fourth-order valence-electron chi connectivity index (χ4n) is 4.66. The zero-order chi connectivity index (χ0) is 18.9. The molecule has 27 heavy (non-hydrogen) atoms. The van der Waals surface area contributed by atoms with Crippen molar-refractivity contribution in [3.05, 3.63) is 65.5 Å². The third-order valence-electron chi connectivity index (χ3n) is 5.90. The van der Waals surface area contributed by atoms with Crippen LogP contribution in [-0.4, -0.2) is 28.7 Å².